The van der Waals surface area contributed by atoms with Crippen LogP contribution in [0.3, 0.4) is 0 Å². The molecule has 1 aliphatic heterocycles. The molecule has 6 heteroatoms. The quantitative estimate of drug-likeness (QED) is 0.624. The highest BCUT2D eigenvalue weighted by molar-refractivity contribution is 5.27. The predicted molar refractivity (Wildman–Crippen MR) is 61.8 cm³/mol. The third-order valence-corrected chi connectivity index (χ3v) is 2.35. The number of morpholine rings is 1. The summed E-state index contributed by atoms with van der Waals surface area (Å²) in [5, 5.41) is 3.15. The van der Waals surface area contributed by atoms with Crippen molar-refractivity contribution in [3.8, 4) is 0 Å². The van der Waals surface area contributed by atoms with Gasteiger partial charge in [-0.25, -0.2) is 0 Å². The number of ether oxygens (including phenoxy) is 2. The van der Waals surface area contributed by atoms with Gasteiger partial charge in [0.1, 0.15) is 5.76 Å². The molecule has 0 amide bonds. The number of hydrogen-bond acceptors (Lipinski definition) is 3. The van der Waals surface area contributed by atoms with Crippen LogP contribution in [-0.2, 0) is 9.47 Å². The Morgan fingerprint density at radius 2 is 2.17 bits per heavy atom. The number of alkyl halides is 3. The predicted octanol–water partition coefficient (Wildman–Crippen LogP) is 2.53. The van der Waals surface area contributed by atoms with Gasteiger partial charge in [0.25, 0.3) is 0 Å². The topological polar surface area (TPSA) is 30.5 Å². The molecule has 0 aromatic rings. The highest BCUT2D eigenvalue weighted by atomic mass is 19.4. The SMILES string of the molecule is C=C(/C=C\C(=C/C)OC(F)(F)F)[C@H]1COCCN1. The van der Waals surface area contributed by atoms with Gasteiger partial charge in [-0.1, -0.05) is 12.7 Å². The maximum Gasteiger partial charge on any atom is 0.573 e. The number of nitrogens with one attached hydrogen (secondary N) is 1. The van der Waals surface area contributed by atoms with E-state index >= 15 is 0 Å². The van der Waals surface area contributed by atoms with Crippen LogP contribution in [0.5, 0.6) is 0 Å². The number of rotatable bonds is 4. The minimum Gasteiger partial charge on any atom is -0.406 e. The minimum atomic E-state index is -4.68. The first-order valence-electron chi connectivity index (χ1n) is 5.52. The lowest BCUT2D eigenvalue weighted by Crippen LogP contribution is -2.41. The lowest BCUT2D eigenvalue weighted by atomic mass is 10.1. The molecule has 0 radical (unpaired) electrons. The lowest BCUT2D eigenvalue weighted by Gasteiger charge is -2.24. The second kappa shape index (κ2) is 6.61. The van der Waals surface area contributed by atoms with Crippen molar-refractivity contribution >= 4 is 0 Å². The smallest absolute Gasteiger partial charge is 0.406 e. The summed E-state index contributed by atoms with van der Waals surface area (Å²) >= 11 is 0. The van der Waals surface area contributed by atoms with Crippen LogP contribution in [0.25, 0.3) is 0 Å². The zero-order valence-electron chi connectivity index (χ0n) is 10.1. The zero-order chi connectivity index (χ0) is 13.6. The Morgan fingerprint density at radius 1 is 1.44 bits per heavy atom. The Hall–Kier alpha value is -1.27. The fourth-order valence-electron chi connectivity index (χ4n) is 1.43. The molecule has 0 aromatic carbocycles. The Bertz CT molecular complexity index is 342. The Morgan fingerprint density at radius 3 is 2.67 bits per heavy atom. The maximum absolute atomic E-state index is 12.0. The number of hydrogen-bond donors (Lipinski definition) is 1. The molecule has 1 atom stereocenters. The molecule has 0 aliphatic carbocycles. The Kier molecular flexibility index (Phi) is 5.43. The van der Waals surface area contributed by atoms with Crippen molar-refractivity contribution in [2.75, 3.05) is 19.8 Å². The molecule has 3 nitrogen and oxygen atoms in total. The molecule has 0 aromatic heterocycles. The summed E-state index contributed by atoms with van der Waals surface area (Å²) in [6.45, 7) is 7.05. The first-order chi connectivity index (χ1) is 8.42. The largest absolute Gasteiger partial charge is 0.573 e. The molecular weight excluding hydrogens is 247 g/mol. The van der Waals surface area contributed by atoms with Gasteiger partial charge >= 0.3 is 6.36 Å². The summed E-state index contributed by atoms with van der Waals surface area (Å²) in [5.41, 5.74) is 0.653. The number of allylic oxidation sites excluding steroid dienone is 2. The summed E-state index contributed by atoms with van der Waals surface area (Å²) in [4.78, 5) is 0. The Balaban J connectivity index is 2.53. The van der Waals surface area contributed by atoms with E-state index in [9.17, 15) is 13.2 Å². The van der Waals surface area contributed by atoms with Crippen LogP contribution in [0.4, 0.5) is 13.2 Å². The molecule has 1 rings (SSSR count). The standard InChI is InChI=1S/C12H16F3NO2/c1-3-10(18-12(13,14)15)5-4-9(2)11-8-17-7-6-16-11/h3-5,11,16H,2,6-8H2,1H3/b5-4-,10-3+/t11-/m1/s1. The molecule has 0 bridgehead atoms. The van der Waals surface area contributed by atoms with Crippen molar-refractivity contribution < 1.29 is 22.6 Å². The van der Waals surface area contributed by atoms with Crippen LogP contribution in [0, 0.1) is 0 Å². The lowest BCUT2D eigenvalue weighted by molar-refractivity contribution is -0.303. The van der Waals surface area contributed by atoms with Gasteiger partial charge in [0.15, 0.2) is 0 Å². The van der Waals surface area contributed by atoms with E-state index in [1.54, 1.807) is 0 Å². The van der Waals surface area contributed by atoms with Gasteiger partial charge in [-0.3, -0.25) is 0 Å². The van der Waals surface area contributed by atoms with Crippen molar-refractivity contribution in [2.24, 2.45) is 0 Å². The highest BCUT2D eigenvalue weighted by Gasteiger charge is 2.31. The molecule has 1 aliphatic rings. The maximum atomic E-state index is 12.0. The van der Waals surface area contributed by atoms with Crippen molar-refractivity contribution in [1.82, 2.24) is 5.32 Å². The first kappa shape index (κ1) is 14.8. The van der Waals surface area contributed by atoms with E-state index < -0.39 is 6.36 Å². The molecule has 0 unspecified atom stereocenters. The Labute approximate surface area is 104 Å². The van der Waals surface area contributed by atoms with Crippen LogP contribution in [0.2, 0.25) is 0 Å². The van der Waals surface area contributed by atoms with Gasteiger partial charge in [0, 0.05) is 6.54 Å². The van der Waals surface area contributed by atoms with Crippen molar-refractivity contribution in [2.45, 2.75) is 19.3 Å². The number of halogens is 3. The van der Waals surface area contributed by atoms with E-state index in [2.05, 4.69) is 16.6 Å². The summed E-state index contributed by atoms with van der Waals surface area (Å²) in [6.07, 6.45) is -0.707. The molecule has 102 valence electrons. The van der Waals surface area contributed by atoms with Gasteiger partial charge in [-0.15, -0.1) is 13.2 Å². The van der Waals surface area contributed by atoms with E-state index in [0.29, 0.717) is 25.3 Å². The molecule has 1 saturated heterocycles. The van der Waals surface area contributed by atoms with Crippen LogP contribution in [-0.4, -0.2) is 32.2 Å². The highest BCUT2D eigenvalue weighted by Crippen LogP contribution is 2.21. The van der Waals surface area contributed by atoms with Crippen LogP contribution < -0.4 is 5.32 Å². The second-order valence-electron chi connectivity index (χ2n) is 3.73. The summed E-state index contributed by atoms with van der Waals surface area (Å²) in [5.74, 6) is -0.264. The first-order valence-corrected chi connectivity index (χ1v) is 5.52. The third-order valence-electron chi connectivity index (χ3n) is 2.35. The fraction of sp³-hybridized carbons (Fsp3) is 0.500. The van der Waals surface area contributed by atoms with Crippen LogP contribution in [0.15, 0.2) is 36.1 Å². The van der Waals surface area contributed by atoms with E-state index in [1.165, 1.54) is 25.2 Å². The second-order valence-corrected chi connectivity index (χ2v) is 3.73. The molecule has 18 heavy (non-hydrogen) atoms. The monoisotopic (exact) mass is 263 g/mol. The molecule has 1 heterocycles. The molecule has 1 N–H and O–H groups in total. The molecule has 0 saturated carbocycles. The van der Waals surface area contributed by atoms with E-state index in [0.717, 1.165) is 0 Å². The van der Waals surface area contributed by atoms with Gasteiger partial charge in [-0.2, -0.15) is 0 Å². The fourth-order valence-corrected chi connectivity index (χ4v) is 1.43. The van der Waals surface area contributed by atoms with Gasteiger partial charge in [-0.05, 0) is 24.6 Å². The van der Waals surface area contributed by atoms with E-state index in [4.69, 9.17) is 4.74 Å². The third kappa shape index (κ3) is 5.37. The molecule has 1 fully saturated rings. The summed E-state index contributed by atoms with van der Waals surface area (Å²) in [6, 6.07) is -0.0704. The van der Waals surface area contributed by atoms with Crippen molar-refractivity contribution in [3.05, 3.63) is 36.1 Å². The van der Waals surface area contributed by atoms with Gasteiger partial charge in [0.2, 0.25) is 0 Å². The molecule has 0 spiro atoms. The minimum absolute atomic E-state index is 0.0704. The average Bonchev–Trinajstić information content (AvgIpc) is 2.33. The van der Waals surface area contributed by atoms with E-state index in [-0.39, 0.29) is 11.8 Å². The normalized spacial score (nSPS) is 22.2. The summed E-state index contributed by atoms with van der Waals surface area (Å²) in [7, 11) is 0. The average molecular weight is 263 g/mol. The van der Waals surface area contributed by atoms with Crippen LogP contribution >= 0.6 is 0 Å². The molecular formula is C12H16F3NO2. The van der Waals surface area contributed by atoms with Crippen molar-refractivity contribution in [3.63, 3.8) is 0 Å². The van der Waals surface area contributed by atoms with Crippen LogP contribution in [0.1, 0.15) is 6.92 Å². The van der Waals surface area contributed by atoms with Gasteiger partial charge < -0.3 is 14.8 Å². The van der Waals surface area contributed by atoms with Gasteiger partial charge in [0.05, 0.1) is 19.3 Å². The van der Waals surface area contributed by atoms with E-state index in [1.807, 2.05) is 0 Å². The van der Waals surface area contributed by atoms with Crippen molar-refractivity contribution in [1.29, 1.82) is 0 Å². The summed E-state index contributed by atoms with van der Waals surface area (Å²) < 4.78 is 45.1. The zero-order valence-corrected chi connectivity index (χ0v) is 10.1.